The van der Waals surface area contributed by atoms with Crippen molar-refractivity contribution >= 4 is 16.3 Å². The minimum Gasteiger partial charge on any atom is -0.494 e. The molecule has 1 aromatic carbocycles. The first-order valence-corrected chi connectivity index (χ1v) is 5.78. The van der Waals surface area contributed by atoms with Gasteiger partial charge in [0.2, 0.25) is 4.96 Å². The average Bonchev–Trinajstić information content (AvgIpc) is 2.88. The van der Waals surface area contributed by atoms with E-state index < -0.39 is 5.82 Å². The summed E-state index contributed by atoms with van der Waals surface area (Å²) in [6, 6.07) is 4.77. The Kier molecular flexibility index (Phi) is 2.29. The topological polar surface area (TPSA) is 39.4 Å². The first-order chi connectivity index (χ1) is 8.28. The molecule has 0 saturated carbocycles. The number of nitrogens with zero attached hydrogens (tertiary/aromatic N) is 3. The number of imidazole rings is 1. The summed E-state index contributed by atoms with van der Waals surface area (Å²) in [5.41, 5.74) is 3.12. The number of aromatic nitrogens is 3. The maximum absolute atomic E-state index is 13.5. The molecule has 0 saturated heterocycles. The summed E-state index contributed by atoms with van der Waals surface area (Å²) in [5, 5.41) is 4.08. The molecule has 0 N–H and O–H groups in total. The van der Waals surface area contributed by atoms with E-state index in [2.05, 4.69) is 10.1 Å². The lowest BCUT2D eigenvalue weighted by Gasteiger charge is -2.02. The third-order valence-electron chi connectivity index (χ3n) is 2.43. The van der Waals surface area contributed by atoms with Crippen LogP contribution in [0.25, 0.3) is 16.2 Å². The van der Waals surface area contributed by atoms with E-state index in [1.807, 2.05) is 0 Å². The van der Waals surface area contributed by atoms with E-state index in [0.717, 1.165) is 4.96 Å². The highest BCUT2D eigenvalue weighted by Crippen LogP contribution is 2.25. The molecule has 0 spiro atoms. The highest BCUT2D eigenvalue weighted by molar-refractivity contribution is 7.14. The Morgan fingerprint density at radius 2 is 2.29 bits per heavy atom. The number of benzene rings is 1. The Morgan fingerprint density at radius 3 is 3.00 bits per heavy atom. The van der Waals surface area contributed by atoms with E-state index in [0.29, 0.717) is 11.3 Å². The van der Waals surface area contributed by atoms with Crippen LogP contribution in [-0.4, -0.2) is 21.7 Å². The third kappa shape index (κ3) is 1.66. The fourth-order valence-corrected chi connectivity index (χ4v) is 2.21. The zero-order valence-corrected chi connectivity index (χ0v) is 9.74. The molecule has 17 heavy (non-hydrogen) atoms. The van der Waals surface area contributed by atoms with Crippen LogP contribution < -0.4 is 4.74 Å². The Bertz CT molecular complexity index is 648. The van der Waals surface area contributed by atoms with E-state index in [-0.39, 0.29) is 5.75 Å². The lowest BCUT2D eigenvalue weighted by atomic mass is 10.1. The SMILES string of the molecule is COc1ccc(-c2cn3ncsc3n2)cc1F. The first-order valence-electron chi connectivity index (χ1n) is 4.91. The number of fused-ring (bicyclic) bond motifs is 1. The molecule has 0 unspecified atom stereocenters. The maximum Gasteiger partial charge on any atom is 0.212 e. The number of halogens is 1. The molecular weight excluding hydrogens is 241 g/mol. The van der Waals surface area contributed by atoms with Gasteiger partial charge in [-0.2, -0.15) is 5.10 Å². The van der Waals surface area contributed by atoms with E-state index in [1.54, 1.807) is 28.4 Å². The van der Waals surface area contributed by atoms with Gasteiger partial charge >= 0.3 is 0 Å². The average molecular weight is 249 g/mol. The summed E-state index contributed by atoms with van der Waals surface area (Å²) >= 11 is 1.44. The minimum atomic E-state index is -0.394. The van der Waals surface area contributed by atoms with Crippen molar-refractivity contribution < 1.29 is 9.13 Å². The molecule has 3 aromatic rings. The van der Waals surface area contributed by atoms with E-state index in [1.165, 1.54) is 24.5 Å². The van der Waals surface area contributed by atoms with Gasteiger partial charge in [-0.1, -0.05) is 11.3 Å². The molecule has 4 nitrogen and oxygen atoms in total. The first kappa shape index (κ1) is 10.2. The van der Waals surface area contributed by atoms with Gasteiger partial charge in [-0.25, -0.2) is 13.9 Å². The molecule has 2 aromatic heterocycles. The Hall–Kier alpha value is -1.95. The maximum atomic E-state index is 13.5. The van der Waals surface area contributed by atoms with Crippen LogP contribution in [0.4, 0.5) is 4.39 Å². The van der Waals surface area contributed by atoms with E-state index in [4.69, 9.17) is 4.74 Å². The van der Waals surface area contributed by atoms with Gasteiger partial charge in [0.15, 0.2) is 11.6 Å². The van der Waals surface area contributed by atoms with Gasteiger partial charge in [0.05, 0.1) is 19.0 Å². The molecule has 0 aliphatic carbocycles. The number of methoxy groups -OCH3 is 1. The van der Waals surface area contributed by atoms with Crippen LogP contribution in [0.2, 0.25) is 0 Å². The van der Waals surface area contributed by atoms with Crippen molar-refractivity contribution in [2.75, 3.05) is 7.11 Å². The molecule has 6 heteroatoms. The molecular formula is C11H8FN3OS. The molecule has 0 atom stereocenters. The van der Waals surface area contributed by atoms with Crippen LogP contribution in [-0.2, 0) is 0 Å². The summed E-state index contributed by atoms with van der Waals surface area (Å²) in [7, 11) is 1.44. The highest BCUT2D eigenvalue weighted by Gasteiger charge is 2.09. The van der Waals surface area contributed by atoms with Gasteiger partial charge in [0.25, 0.3) is 0 Å². The Labute approximate surface area is 100 Å². The van der Waals surface area contributed by atoms with Crippen molar-refractivity contribution in [3.8, 4) is 17.0 Å². The van der Waals surface area contributed by atoms with Crippen molar-refractivity contribution in [3.63, 3.8) is 0 Å². The molecule has 3 rings (SSSR count). The number of hydrogen-bond donors (Lipinski definition) is 0. The monoisotopic (exact) mass is 249 g/mol. The Balaban J connectivity index is 2.09. The van der Waals surface area contributed by atoms with Crippen molar-refractivity contribution in [2.24, 2.45) is 0 Å². The lowest BCUT2D eigenvalue weighted by Crippen LogP contribution is -1.88. The van der Waals surface area contributed by atoms with Gasteiger partial charge in [-0.15, -0.1) is 0 Å². The zero-order valence-electron chi connectivity index (χ0n) is 8.92. The molecule has 0 aliphatic heterocycles. The molecule has 86 valence electrons. The number of hydrogen-bond acceptors (Lipinski definition) is 4. The normalized spacial score (nSPS) is 10.9. The second-order valence-electron chi connectivity index (χ2n) is 3.44. The van der Waals surface area contributed by atoms with Crippen molar-refractivity contribution in [2.45, 2.75) is 0 Å². The minimum absolute atomic E-state index is 0.230. The number of ether oxygens (including phenoxy) is 1. The van der Waals surface area contributed by atoms with Crippen LogP contribution in [0.3, 0.4) is 0 Å². The van der Waals surface area contributed by atoms with Gasteiger partial charge in [-0.3, -0.25) is 0 Å². The van der Waals surface area contributed by atoms with Gasteiger partial charge in [-0.05, 0) is 18.2 Å². The Morgan fingerprint density at radius 1 is 1.41 bits per heavy atom. The molecule has 0 bridgehead atoms. The van der Waals surface area contributed by atoms with E-state index >= 15 is 0 Å². The van der Waals surface area contributed by atoms with Crippen LogP contribution in [0.1, 0.15) is 0 Å². The fourth-order valence-electron chi connectivity index (χ4n) is 1.60. The highest BCUT2D eigenvalue weighted by atomic mass is 32.1. The summed E-state index contributed by atoms with van der Waals surface area (Å²) in [4.78, 5) is 5.14. The summed E-state index contributed by atoms with van der Waals surface area (Å²) in [5.74, 6) is -0.165. The van der Waals surface area contributed by atoms with Crippen LogP contribution in [0.15, 0.2) is 29.9 Å². The van der Waals surface area contributed by atoms with Crippen LogP contribution >= 0.6 is 11.3 Å². The summed E-state index contributed by atoms with van der Waals surface area (Å²) in [6.45, 7) is 0. The van der Waals surface area contributed by atoms with Gasteiger partial charge in [0, 0.05) is 5.56 Å². The molecule has 0 radical (unpaired) electrons. The second kappa shape index (κ2) is 3.81. The van der Waals surface area contributed by atoms with Crippen molar-refractivity contribution in [1.82, 2.24) is 14.6 Å². The lowest BCUT2D eigenvalue weighted by molar-refractivity contribution is 0.386. The van der Waals surface area contributed by atoms with E-state index in [9.17, 15) is 4.39 Å². The fraction of sp³-hybridized carbons (Fsp3) is 0.0909. The van der Waals surface area contributed by atoms with Gasteiger partial charge in [0.1, 0.15) is 5.51 Å². The van der Waals surface area contributed by atoms with Crippen molar-refractivity contribution in [3.05, 3.63) is 35.7 Å². The molecule has 0 fully saturated rings. The van der Waals surface area contributed by atoms with Crippen molar-refractivity contribution in [1.29, 1.82) is 0 Å². The predicted molar refractivity (Wildman–Crippen MR) is 62.8 cm³/mol. The molecule has 0 aliphatic rings. The quantitative estimate of drug-likeness (QED) is 0.700. The standard InChI is InChI=1S/C11H8FN3OS/c1-16-10-3-2-7(4-8(10)12)9-5-15-11(14-9)17-6-13-15/h2-6H,1H3. The molecule has 0 amide bonds. The second-order valence-corrected chi connectivity index (χ2v) is 4.25. The smallest absolute Gasteiger partial charge is 0.212 e. The third-order valence-corrected chi connectivity index (χ3v) is 3.12. The summed E-state index contributed by atoms with van der Waals surface area (Å²) < 4.78 is 20.1. The zero-order chi connectivity index (χ0) is 11.8. The largest absolute Gasteiger partial charge is 0.494 e. The predicted octanol–water partition coefficient (Wildman–Crippen LogP) is 2.61. The number of rotatable bonds is 2. The summed E-state index contributed by atoms with van der Waals surface area (Å²) in [6.07, 6.45) is 1.77. The van der Waals surface area contributed by atoms with Gasteiger partial charge < -0.3 is 4.74 Å². The molecule has 2 heterocycles. The van der Waals surface area contributed by atoms with Crippen LogP contribution in [0, 0.1) is 5.82 Å². The van der Waals surface area contributed by atoms with Crippen LogP contribution in [0.5, 0.6) is 5.75 Å².